The van der Waals surface area contributed by atoms with Gasteiger partial charge in [0.25, 0.3) is 0 Å². The van der Waals surface area contributed by atoms with E-state index in [0.717, 1.165) is 23.1 Å². The largest absolute Gasteiger partial charge is 0.503 e. The van der Waals surface area contributed by atoms with Gasteiger partial charge in [-0.2, -0.15) is 0 Å². The minimum Gasteiger partial charge on any atom is -0.503 e. The number of hydrogen-bond acceptors (Lipinski definition) is 4. The number of pyridine rings is 1. The number of allylic oxidation sites excluding steroid dienone is 1. The minimum absolute atomic E-state index is 0.106. The lowest BCUT2D eigenvalue weighted by Gasteiger charge is -2.26. The van der Waals surface area contributed by atoms with Gasteiger partial charge in [-0.3, -0.25) is 0 Å². The summed E-state index contributed by atoms with van der Waals surface area (Å²) >= 11 is 6.14. The van der Waals surface area contributed by atoms with Crippen LogP contribution in [0.4, 0.5) is 0 Å². The number of carboxylic acids is 1. The summed E-state index contributed by atoms with van der Waals surface area (Å²) in [4.78, 5) is 16.9. The number of methoxy groups -OCH3 is 1. The Balaban J connectivity index is 1.97. The van der Waals surface area contributed by atoms with E-state index < -0.39 is 5.97 Å². The molecule has 0 amide bonds. The average molecular weight is 410 g/mol. The summed E-state index contributed by atoms with van der Waals surface area (Å²) in [6.45, 7) is 2.10. The Hall–Kier alpha value is -3.05. The van der Waals surface area contributed by atoms with Crippen LogP contribution in [0.15, 0.2) is 36.4 Å². The molecule has 2 aromatic carbocycles. The van der Waals surface area contributed by atoms with Crippen LogP contribution >= 0.6 is 11.6 Å². The van der Waals surface area contributed by atoms with Gasteiger partial charge >= 0.3 is 5.97 Å². The highest BCUT2D eigenvalue weighted by atomic mass is 35.5. The van der Waals surface area contributed by atoms with Gasteiger partial charge in [-0.1, -0.05) is 36.7 Å². The van der Waals surface area contributed by atoms with Crippen LogP contribution in [-0.4, -0.2) is 28.3 Å². The molecule has 2 N–H and O–H groups in total. The first-order valence-electron chi connectivity index (χ1n) is 9.31. The minimum atomic E-state index is -0.942. The standard InChI is InChI=1S/C23H20ClNO4/c1-12-7-14(9-13-10-17(24)22(26)19(11-13)29-2)21-16(8-12)20(23(27)28)15-5-3-4-6-18(15)25-21/h3-6,9-12,26H,7-8H2,1-2H3,(H,27,28)/b14-9-. The van der Waals surface area contributed by atoms with Gasteiger partial charge in [0.1, 0.15) is 0 Å². The van der Waals surface area contributed by atoms with Crippen LogP contribution in [0, 0.1) is 5.92 Å². The molecule has 0 saturated carbocycles. The number of aromatic nitrogens is 1. The van der Waals surface area contributed by atoms with E-state index in [1.54, 1.807) is 18.2 Å². The number of carboxylic acid groups (broad SMARTS) is 1. The third kappa shape index (κ3) is 3.42. The van der Waals surface area contributed by atoms with E-state index in [0.29, 0.717) is 28.6 Å². The molecule has 1 atom stereocenters. The van der Waals surface area contributed by atoms with Crippen LogP contribution in [-0.2, 0) is 6.42 Å². The SMILES string of the molecule is COc1cc(/C=C2/CC(C)Cc3c2nc2ccccc2c3C(=O)O)cc(Cl)c1O. The summed E-state index contributed by atoms with van der Waals surface area (Å²) in [6.07, 6.45) is 3.36. The number of nitrogens with zero attached hydrogens (tertiary/aromatic N) is 1. The van der Waals surface area contributed by atoms with Gasteiger partial charge in [-0.05, 0) is 59.7 Å². The molecule has 1 aromatic heterocycles. The number of carbonyl (C=O) groups is 1. The van der Waals surface area contributed by atoms with Crippen molar-refractivity contribution in [3.63, 3.8) is 0 Å². The fourth-order valence-corrected chi connectivity index (χ4v) is 4.23. The highest BCUT2D eigenvalue weighted by molar-refractivity contribution is 6.32. The molecular weight excluding hydrogens is 390 g/mol. The Morgan fingerprint density at radius 2 is 2.03 bits per heavy atom. The zero-order valence-electron chi connectivity index (χ0n) is 16.1. The number of rotatable bonds is 3. The van der Waals surface area contributed by atoms with Gasteiger partial charge in [0.15, 0.2) is 11.5 Å². The molecule has 0 bridgehead atoms. The van der Waals surface area contributed by atoms with Crippen molar-refractivity contribution in [2.24, 2.45) is 5.92 Å². The van der Waals surface area contributed by atoms with E-state index in [4.69, 9.17) is 21.3 Å². The maximum Gasteiger partial charge on any atom is 0.336 e. The van der Waals surface area contributed by atoms with Crippen molar-refractivity contribution in [1.82, 2.24) is 4.98 Å². The second-order valence-corrected chi connectivity index (χ2v) is 7.78. The number of para-hydroxylation sites is 1. The number of halogens is 1. The van der Waals surface area contributed by atoms with E-state index in [1.807, 2.05) is 24.3 Å². The average Bonchev–Trinajstić information content (AvgIpc) is 2.68. The molecule has 0 spiro atoms. The monoisotopic (exact) mass is 409 g/mol. The predicted octanol–water partition coefficient (Wildman–Crippen LogP) is 5.42. The van der Waals surface area contributed by atoms with Crippen LogP contribution in [0.3, 0.4) is 0 Å². The molecule has 6 heteroatoms. The van der Waals surface area contributed by atoms with E-state index in [1.165, 1.54) is 7.11 Å². The first-order valence-corrected chi connectivity index (χ1v) is 9.69. The third-order valence-electron chi connectivity index (χ3n) is 5.24. The molecule has 29 heavy (non-hydrogen) atoms. The number of phenols is 1. The Kier molecular flexibility index (Phi) is 4.92. The molecule has 1 aliphatic carbocycles. The summed E-state index contributed by atoms with van der Waals surface area (Å²) in [5.41, 5.74) is 4.15. The molecule has 1 heterocycles. The molecule has 148 valence electrons. The summed E-state index contributed by atoms with van der Waals surface area (Å²) < 4.78 is 5.20. The van der Waals surface area contributed by atoms with Crippen molar-refractivity contribution in [2.75, 3.05) is 7.11 Å². The molecule has 0 radical (unpaired) electrons. The van der Waals surface area contributed by atoms with Gasteiger partial charge in [0.05, 0.1) is 28.9 Å². The molecule has 0 aliphatic heterocycles. The van der Waals surface area contributed by atoms with E-state index in [-0.39, 0.29) is 22.4 Å². The number of ether oxygens (including phenoxy) is 1. The first-order chi connectivity index (χ1) is 13.9. The van der Waals surface area contributed by atoms with Crippen LogP contribution in [0.25, 0.3) is 22.6 Å². The number of benzene rings is 2. The molecule has 3 aromatic rings. The molecule has 4 rings (SSSR count). The van der Waals surface area contributed by atoms with Crippen molar-refractivity contribution in [1.29, 1.82) is 0 Å². The smallest absolute Gasteiger partial charge is 0.336 e. The Morgan fingerprint density at radius 3 is 2.76 bits per heavy atom. The summed E-state index contributed by atoms with van der Waals surface area (Å²) in [7, 11) is 1.47. The van der Waals surface area contributed by atoms with Gasteiger partial charge in [-0.25, -0.2) is 9.78 Å². The van der Waals surface area contributed by atoms with E-state index in [2.05, 4.69) is 6.92 Å². The van der Waals surface area contributed by atoms with Crippen molar-refractivity contribution in [3.8, 4) is 11.5 Å². The number of fused-ring (bicyclic) bond motifs is 2. The van der Waals surface area contributed by atoms with Crippen molar-refractivity contribution in [3.05, 3.63) is 63.8 Å². The molecule has 1 aliphatic rings. The van der Waals surface area contributed by atoms with Crippen LogP contribution in [0.2, 0.25) is 5.02 Å². The van der Waals surface area contributed by atoms with E-state index >= 15 is 0 Å². The van der Waals surface area contributed by atoms with Crippen LogP contribution < -0.4 is 4.74 Å². The summed E-state index contributed by atoms with van der Waals surface area (Å²) in [6, 6.07) is 10.7. The number of phenolic OH excluding ortho intramolecular Hbond substituents is 1. The first kappa shape index (κ1) is 19.3. The van der Waals surface area contributed by atoms with Crippen LogP contribution in [0.5, 0.6) is 11.5 Å². The zero-order valence-corrected chi connectivity index (χ0v) is 16.8. The number of aromatic hydroxyl groups is 1. The Morgan fingerprint density at radius 1 is 1.28 bits per heavy atom. The lowest BCUT2D eigenvalue weighted by Crippen LogP contribution is -2.17. The van der Waals surface area contributed by atoms with Gasteiger partial charge in [-0.15, -0.1) is 0 Å². The highest BCUT2D eigenvalue weighted by Crippen LogP contribution is 2.40. The van der Waals surface area contributed by atoms with Gasteiger partial charge in [0.2, 0.25) is 0 Å². The second-order valence-electron chi connectivity index (χ2n) is 7.37. The molecule has 0 fully saturated rings. The topological polar surface area (TPSA) is 79.7 Å². The molecule has 0 saturated heterocycles. The maximum absolute atomic E-state index is 12.1. The van der Waals surface area contributed by atoms with Crippen molar-refractivity contribution < 1.29 is 19.7 Å². The maximum atomic E-state index is 12.1. The fourth-order valence-electron chi connectivity index (χ4n) is 4.01. The summed E-state index contributed by atoms with van der Waals surface area (Å²) in [5, 5.41) is 20.8. The molecule has 5 nitrogen and oxygen atoms in total. The lowest BCUT2D eigenvalue weighted by molar-refractivity contribution is 0.0697. The molecular formula is C23H20ClNO4. The van der Waals surface area contributed by atoms with E-state index in [9.17, 15) is 15.0 Å². The molecule has 1 unspecified atom stereocenters. The third-order valence-corrected chi connectivity index (χ3v) is 5.53. The zero-order chi connectivity index (χ0) is 20.7. The lowest BCUT2D eigenvalue weighted by atomic mass is 9.80. The highest BCUT2D eigenvalue weighted by Gasteiger charge is 2.28. The summed E-state index contributed by atoms with van der Waals surface area (Å²) in [5.74, 6) is -0.496. The number of aromatic carboxylic acids is 1. The van der Waals surface area contributed by atoms with Crippen molar-refractivity contribution in [2.45, 2.75) is 19.8 Å². The van der Waals surface area contributed by atoms with Crippen molar-refractivity contribution >= 4 is 40.1 Å². The normalized spacial score (nSPS) is 17.3. The van der Waals surface area contributed by atoms with Crippen LogP contribution in [0.1, 0.15) is 40.5 Å². The second kappa shape index (κ2) is 7.41. The Bertz CT molecular complexity index is 1170. The number of hydrogen-bond donors (Lipinski definition) is 2. The van der Waals surface area contributed by atoms with Gasteiger partial charge in [0, 0.05) is 5.39 Å². The van der Waals surface area contributed by atoms with Gasteiger partial charge < -0.3 is 14.9 Å². The fraction of sp³-hybridized carbons (Fsp3) is 0.217. The Labute approximate surface area is 173 Å². The quantitative estimate of drug-likeness (QED) is 0.603. The predicted molar refractivity (Wildman–Crippen MR) is 114 cm³/mol.